The van der Waals surface area contributed by atoms with Gasteiger partial charge in [-0.05, 0) is 30.6 Å². The molecule has 1 aromatic rings. The van der Waals surface area contributed by atoms with Crippen LogP contribution in [0.25, 0.3) is 0 Å². The number of cyclic esters (lactones) is 1. The standard InChI is InChI=1S/C18H28N2O6Si/c1-12-9-13-10-15(20(22)23)16(11-14(13)19-17(21)26-12)24-7-8-25-27(5,6)18(2,3)4/h10-12H,7-9H2,1-6H3,(H,19,21). The Morgan fingerprint density at radius 3 is 2.59 bits per heavy atom. The average molecular weight is 397 g/mol. The predicted octanol–water partition coefficient (Wildman–Crippen LogP) is 4.49. The zero-order valence-electron chi connectivity index (χ0n) is 16.8. The van der Waals surface area contributed by atoms with E-state index in [1.165, 1.54) is 12.1 Å². The number of anilines is 1. The van der Waals surface area contributed by atoms with Gasteiger partial charge in [-0.3, -0.25) is 15.4 Å². The highest BCUT2D eigenvalue weighted by molar-refractivity contribution is 6.74. The maximum Gasteiger partial charge on any atom is 0.411 e. The quantitative estimate of drug-likeness (QED) is 0.329. The van der Waals surface area contributed by atoms with Crippen LogP contribution in [0, 0.1) is 10.1 Å². The van der Waals surface area contributed by atoms with Gasteiger partial charge in [0.05, 0.1) is 17.2 Å². The number of ether oxygens (including phenoxy) is 2. The number of nitro groups is 1. The minimum atomic E-state index is -1.91. The van der Waals surface area contributed by atoms with Crippen molar-refractivity contribution in [2.45, 2.75) is 58.4 Å². The summed E-state index contributed by atoms with van der Waals surface area (Å²) in [4.78, 5) is 22.7. The second kappa shape index (κ2) is 7.85. The molecule has 1 aliphatic rings. The molecule has 1 N–H and O–H groups in total. The molecule has 150 valence electrons. The lowest BCUT2D eigenvalue weighted by molar-refractivity contribution is -0.385. The van der Waals surface area contributed by atoms with Crippen molar-refractivity contribution in [3.8, 4) is 5.75 Å². The minimum absolute atomic E-state index is 0.0735. The van der Waals surface area contributed by atoms with E-state index in [0.29, 0.717) is 24.3 Å². The molecule has 1 unspecified atom stereocenters. The van der Waals surface area contributed by atoms with Crippen LogP contribution in [-0.2, 0) is 15.6 Å². The van der Waals surface area contributed by atoms with Gasteiger partial charge in [0.2, 0.25) is 0 Å². The van der Waals surface area contributed by atoms with Crippen LogP contribution in [0.3, 0.4) is 0 Å². The molecular formula is C18H28N2O6Si. The van der Waals surface area contributed by atoms with Crippen LogP contribution < -0.4 is 10.1 Å². The summed E-state index contributed by atoms with van der Waals surface area (Å²) < 4.78 is 16.8. The molecule has 27 heavy (non-hydrogen) atoms. The third-order valence-electron chi connectivity index (χ3n) is 5.04. The highest BCUT2D eigenvalue weighted by Crippen LogP contribution is 2.37. The molecule has 0 spiro atoms. The Morgan fingerprint density at radius 1 is 1.33 bits per heavy atom. The lowest BCUT2D eigenvalue weighted by Crippen LogP contribution is -2.41. The normalized spacial score (nSPS) is 17.4. The zero-order valence-corrected chi connectivity index (χ0v) is 17.8. The summed E-state index contributed by atoms with van der Waals surface area (Å²) >= 11 is 0. The van der Waals surface area contributed by atoms with Crippen LogP contribution in [0.1, 0.15) is 33.3 Å². The molecule has 9 heteroatoms. The first kappa shape index (κ1) is 21.2. The molecule has 0 aromatic heterocycles. The number of benzene rings is 1. The van der Waals surface area contributed by atoms with Gasteiger partial charge in [-0.15, -0.1) is 0 Å². The van der Waals surface area contributed by atoms with Crippen LogP contribution in [0.5, 0.6) is 5.75 Å². The number of nitrogens with zero attached hydrogens (tertiary/aromatic N) is 1. The number of hydrogen-bond acceptors (Lipinski definition) is 6. The molecule has 0 saturated carbocycles. The van der Waals surface area contributed by atoms with E-state index >= 15 is 0 Å². The topological polar surface area (TPSA) is 99.9 Å². The lowest BCUT2D eigenvalue weighted by Gasteiger charge is -2.36. The van der Waals surface area contributed by atoms with E-state index in [9.17, 15) is 14.9 Å². The maximum atomic E-state index is 11.7. The molecule has 1 aromatic carbocycles. The van der Waals surface area contributed by atoms with Crippen molar-refractivity contribution >= 4 is 25.8 Å². The number of carbonyl (C=O) groups excluding carboxylic acids is 1. The number of carbonyl (C=O) groups is 1. The van der Waals surface area contributed by atoms with E-state index in [0.717, 1.165) is 0 Å². The molecule has 0 saturated heterocycles. The Kier molecular flexibility index (Phi) is 6.16. The Bertz CT molecular complexity index is 729. The van der Waals surface area contributed by atoms with Gasteiger partial charge in [-0.25, -0.2) is 4.79 Å². The minimum Gasteiger partial charge on any atom is -0.484 e. The van der Waals surface area contributed by atoms with Crippen LogP contribution in [-0.4, -0.2) is 38.7 Å². The van der Waals surface area contributed by atoms with E-state index in [1.807, 2.05) is 0 Å². The summed E-state index contributed by atoms with van der Waals surface area (Å²) in [6, 6.07) is 2.92. The number of hydrogen-bond donors (Lipinski definition) is 1. The van der Waals surface area contributed by atoms with Crippen molar-refractivity contribution < 1.29 is 23.6 Å². The third kappa shape index (κ3) is 5.20. The number of amides is 1. The number of nitro benzene ring substituents is 1. The summed E-state index contributed by atoms with van der Waals surface area (Å²) in [5.74, 6) is 0.104. The fourth-order valence-electron chi connectivity index (χ4n) is 2.49. The molecule has 2 rings (SSSR count). The van der Waals surface area contributed by atoms with Crippen molar-refractivity contribution in [1.29, 1.82) is 0 Å². The second-order valence-corrected chi connectivity index (χ2v) is 13.0. The summed E-state index contributed by atoms with van der Waals surface area (Å²) in [7, 11) is -1.91. The van der Waals surface area contributed by atoms with Crippen molar-refractivity contribution in [3.05, 3.63) is 27.8 Å². The van der Waals surface area contributed by atoms with Crippen LogP contribution in [0.15, 0.2) is 12.1 Å². The second-order valence-electron chi connectivity index (χ2n) is 8.24. The number of nitrogens with one attached hydrogen (secondary N) is 1. The Balaban J connectivity index is 2.14. The fraction of sp³-hybridized carbons (Fsp3) is 0.611. The molecule has 1 amide bonds. The third-order valence-corrected chi connectivity index (χ3v) is 9.58. The molecule has 1 atom stereocenters. The van der Waals surface area contributed by atoms with Crippen LogP contribution >= 0.6 is 0 Å². The Morgan fingerprint density at radius 2 is 2.00 bits per heavy atom. The Hall–Kier alpha value is -2.13. The predicted molar refractivity (Wildman–Crippen MR) is 105 cm³/mol. The van der Waals surface area contributed by atoms with Crippen LogP contribution in [0.2, 0.25) is 18.1 Å². The molecule has 1 heterocycles. The molecule has 1 aliphatic heterocycles. The van der Waals surface area contributed by atoms with Crippen LogP contribution in [0.4, 0.5) is 16.2 Å². The number of fused-ring (bicyclic) bond motifs is 1. The van der Waals surface area contributed by atoms with E-state index in [1.54, 1.807) is 6.92 Å². The summed E-state index contributed by atoms with van der Waals surface area (Å²) in [5.41, 5.74) is 0.976. The first-order valence-electron chi connectivity index (χ1n) is 8.96. The molecule has 0 radical (unpaired) electrons. The van der Waals surface area contributed by atoms with Crippen molar-refractivity contribution in [1.82, 2.24) is 0 Å². The molecule has 8 nitrogen and oxygen atoms in total. The van der Waals surface area contributed by atoms with Gasteiger partial charge in [0.15, 0.2) is 14.1 Å². The first-order chi connectivity index (χ1) is 12.4. The van der Waals surface area contributed by atoms with Crippen molar-refractivity contribution in [2.75, 3.05) is 18.5 Å². The van der Waals surface area contributed by atoms with Gasteiger partial charge in [0.25, 0.3) is 0 Å². The van der Waals surface area contributed by atoms with Gasteiger partial charge in [0, 0.05) is 18.6 Å². The van der Waals surface area contributed by atoms with E-state index in [4.69, 9.17) is 13.9 Å². The Labute approximate surface area is 160 Å². The highest BCUT2D eigenvalue weighted by atomic mass is 28.4. The van der Waals surface area contributed by atoms with Gasteiger partial charge < -0.3 is 13.9 Å². The largest absolute Gasteiger partial charge is 0.484 e. The van der Waals surface area contributed by atoms with Crippen molar-refractivity contribution in [2.24, 2.45) is 0 Å². The number of rotatable bonds is 6. The van der Waals surface area contributed by atoms with Gasteiger partial charge in [0.1, 0.15) is 12.7 Å². The summed E-state index contributed by atoms with van der Waals surface area (Å²) in [6.45, 7) is 13.0. The van der Waals surface area contributed by atoms with E-state index < -0.39 is 19.3 Å². The smallest absolute Gasteiger partial charge is 0.411 e. The molecule has 0 aliphatic carbocycles. The van der Waals surface area contributed by atoms with Gasteiger partial charge in [-0.1, -0.05) is 20.8 Å². The maximum absolute atomic E-state index is 11.7. The SMILES string of the molecule is CC1Cc2cc([N+](=O)[O-])c(OCCO[Si](C)(C)C(C)(C)C)cc2NC(=O)O1. The summed E-state index contributed by atoms with van der Waals surface area (Å²) in [6.07, 6.45) is -0.554. The fourth-order valence-corrected chi connectivity index (χ4v) is 3.52. The monoisotopic (exact) mass is 396 g/mol. The highest BCUT2D eigenvalue weighted by Gasteiger charge is 2.37. The van der Waals surface area contributed by atoms with Gasteiger partial charge >= 0.3 is 11.8 Å². The van der Waals surface area contributed by atoms with E-state index in [-0.39, 0.29) is 29.2 Å². The van der Waals surface area contributed by atoms with Gasteiger partial charge in [-0.2, -0.15) is 0 Å². The zero-order chi connectivity index (χ0) is 20.4. The molecular weight excluding hydrogens is 368 g/mol. The lowest BCUT2D eigenvalue weighted by atomic mass is 10.1. The molecule has 0 fully saturated rings. The van der Waals surface area contributed by atoms with E-state index in [2.05, 4.69) is 39.2 Å². The average Bonchev–Trinajstić information content (AvgIpc) is 2.65. The van der Waals surface area contributed by atoms with Crippen molar-refractivity contribution in [3.63, 3.8) is 0 Å². The first-order valence-corrected chi connectivity index (χ1v) is 11.9. The summed E-state index contributed by atoms with van der Waals surface area (Å²) in [5, 5.41) is 14.1. The molecule has 0 bridgehead atoms.